The normalized spacial score (nSPS) is 14.1. The number of aryl methyl sites for hydroxylation is 2. The predicted molar refractivity (Wildman–Crippen MR) is 88.5 cm³/mol. The summed E-state index contributed by atoms with van der Waals surface area (Å²) in [6, 6.07) is 8.12. The van der Waals surface area contributed by atoms with Crippen LogP contribution in [0.2, 0.25) is 0 Å². The largest absolute Gasteiger partial charge is 0.477 e. The molecule has 0 aliphatic heterocycles. The summed E-state index contributed by atoms with van der Waals surface area (Å²) in [6.45, 7) is 0.420. The zero-order valence-electron chi connectivity index (χ0n) is 13.4. The van der Waals surface area contributed by atoms with Crippen molar-refractivity contribution in [2.45, 2.75) is 31.7 Å². The maximum Gasteiger partial charge on any atom is 0.342 e. The van der Waals surface area contributed by atoms with Crippen LogP contribution in [0.15, 0.2) is 41.3 Å². The Bertz CT molecular complexity index is 1030. The second-order valence-corrected chi connectivity index (χ2v) is 6.34. The summed E-state index contributed by atoms with van der Waals surface area (Å²) in [5, 5.41) is 13.6. The number of halogens is 1. The zero-order chi connectivity index (χ0) is 17.6. The highest BCUT2D eigenvalue weighted by Gasteiger charge is 2.28. The first-order valence-electron chi connectivity index (χ1n) is 8.14. The SMILES string of the molecule is O=C(O)c1cn(CCc2cccc(F)c2)c2cc(C3CC3)nn2c1=O. The predicted octanol–water partition coefficient (Wildman–Crippen LogP) is 2.45. The summed E-state index contributed by atoms with van der Waals surface area (Å²) >= 11 is 0. The van der Waals surface area contributed by atoms with Gasteiger partial charge in [0.1, 0.15) is 17.0 Å². The van der Waals surface area contributed by atoms with Crippen molar-refractivity contribution in [2.24, 2.45) is 0 Å². The Morgan fingerprint density at radius 1 is 1.32 bits per heavy atom. The van der Waals surface area contributed by atoms with Gasteiger partial charge in [0.15, 0.2) is 0 Å². The number of rotatable bonds is 5. The van der Waals surface area contributed by atoms with E-state index >= 15 is 0 Å². The summed E-state index contributed by atoms with van der Waals surface area (Å²) in [5.41, 5.74) is 1.23. The molecule has 0 amide bonds. The molecule has 0 bridgehead atoms. The van der Waals surface area contributed by atoms with Crippen molar-refractivity contribution in [1.82, 2.24) is 14.2 Å². The molecule has 0 spiro atoms. The minimum Gasteiger partial charge on any atom is -0.477 e. The Morgan fingerprint density at radius 3 is 2.80 bits per heavy atom. The summed E-state index contributed by atoms with van der Waals surface area (Å²) in [4.78, 5) is 23.7. The third-order valence-electron chi connectivity index (χ3n) is 4.47. The van der Waals surface area contributed by atoms with E-state index in [9.17, 15) is 19.1 Å². The van der Waals surface area contributed by atoms with Crippen molar-refractivity contribution in [3.63, 3.8) is 0 Å². The Labute approximate surface area is 142 Å². The van der Waals surface area contributed by atoms with E-state index in [4.69, 9.17) is 0 Å². The Kier molecular flexibility index (Phi) is 3.63. The first-order chi connectivity index (χ1) is 12.0. The van der Waals surface area contributed by atoms with Crippen molar-refractivity contribution < 1.29 is 14.3 Å². The lowest BCUT2D eigenvalue weighted by Gasteiger charge is -2.10. The Hall–Kier alpha value is -2.96. The van der Waals surface area contributed by atoms with E-state index in [0.717, 1.165) is 24.1 Å². The van der Waals surface area contributed by atoms with E-state index in [2.05, 4.69) is 5.10 Å². The summed E-state index contributed by atoms with van der Waals surface area (Å²) in [6.07, 6.45) is 3.93. The zero-order valence-corrected chi connectivity index (χ0v) is 13.4. The molecule has 2 heterocycles. The highest BCUT2D eigenvalue weighted by molar-refractivity contribution is 5.87. The van der Waals surface area contributed by atoms with Gasteiger partial charge in [0.25, 0.3) is 5.56 Å². The molecule has 0 saturated heterocycles. The van der Waals surface area contributed by atoms with Gasteiger partial charge in [-0.1, -0.05) is 12.1 Å². The average molecular weight is 341 g/mol. The van der Waals surface area contributed by atoms with Crippen LogP contribution in [-0.2, 0) is 13.0 Å². The fraction of sp³-hybridized carbons (Fsp3) is 0.278. The van der Waals surface area contributed by atoms with Crippen molar-refractivity contribution in [1.29, 1.82) is 0 Å². The van der Waals surface area contributed by atoms with Crippen LogP contribution in [0.25, 0.3) is 5.65 Å². The molecule has 1 aromatic carbocycles. The number of carboxylic acid groups (broad SMARTS) is 1. The number of hydrogen-bond donors (Lipinski definition) is 1. The molecule has 1 fully saturated rings. The number of hydrogen-bond acceptors (Lipinski definition) is 3. The van der Waals surface area contributed by atoms with Crippen LogP contribution >= 0.6 is 0 Å². The number of benzene rings is 1. The summed E-state index contributed by atoms with van der Waals surface area (Å²) in [7, 11) is 0. The highest BCUT2D eigenvalue weighted by atomic mass is 19.1. The Balaban J connectivity index is 1.76. The third-order valence-corrected chi connectivity index (χ3v) is 4.47. The van der Waals surface area contributed by atoms with Crippen LogP contribution < -0.4 is 5.56 Å². The topological polar surface area (TPSA) is 76.6 Å². The van der Waals surface area contributed by atoms with Crippen LogP contribution in [-0.4, -0.2) is 25.3 Å². The lowest BCUT2D eigenvalue weighted by molar-refractivity contribution is 0.0693. The molecule has 3 aromatic rings. The monoisotopic (exact) mass is 341 g/mol. The number of nitrogens with zero attached hydrogens (tertiary/aromatic N) is 3. The molecule has 1 N–H and O–H groups in total. The molecule has 2 aromatic heterocycles. The number of aromatic carboxylic acids is 1. The molecule has 128 valence electrons. The van der Waals surface area contributed by atoms with Gasteiger partial charge >= 0.3 is 5.97 Å². The van der Waals surface area contributed by atoms with Gasteiger partial charge in [0.05, 0.1) is 5.69 Å². The smallest absolute Gasteiger partial charge is 0.342 e. The Morgan fingerprint density at radius 2 is 2.12 bits per heavy atom. The van der Waals surface area contributed by atoms with Gasteiger partial charge in [-0.3, -0.25) is 4.79 Å². The molecule has 0 unspecified atom stereocenters. The standard InChI is InChI=1S/C18H16FN3O3/c19-13-3-1-2-11(8-13)6-7-21-10-14(18(24)25)17(23)22-16(21)9-15(20-22)12-4-5-12/h1-3,8-10,12H,4-7H2,(H,24,25). The van der Waals surface area contributed by atoms with E-state index in [1.807, 2.05) is 12.1 Å². The maximum absolute atomic E-state index is 13.3. The van der Waals surface area contributed by atoms with Crippen molar-refractivity contribution in [3.05, 3.63) is 69.5 Å². The van der Waals surface area contributed by atoms with Crippen LogP contribution in [0.3, 0.4) is 0 Å². The lowest BCUT2D eigenvalue weighted by Crippen LogP contribution is -2.26. The molecule has 1 aliphatic rings. The van der Waals surface area contributed by atoms with Crippen molar-refractivity contribution in [2.75, 3.05) is 0 Å². The van der Waals surface area contributed by atoms with Crippen LogP contribution in [0.4, 0.5) is 4.39 Å². The molecule has 6 nitrogen and oxygen atoms in total. The molecule has 0 atom stereocenters. The van der Waals surface area contributed by atoms with Crippen molar-refractivity contribution in [3.8, 4) is 0 Å². The highest BCUT2D eigenvalue weighted by Crippen LogP contribution is 2.39. The molecule has 4 rings (SSSR count). The van der Waals surface area contributed by atoms with Gasteiger partial charge in [-0.15, -0.1) is 0 Å². The number of carboxylic acids is 1. The quantitative estimate of drug-likeness (QED) is 0.773. The van der Waals surface area contributed by atoms with E-state index in [1.165, 1.54) is 22.8 Å². The van der Waals surface area contributed by atoms with Crippen LogP contribution in [0, 0.1) is 5.82 Å². The fourth-order valence-corrected chi connectivity index (χ4v) is 2.98. The van der Waals surface area contributed by atoms with Gasteiger partial charge in [0, 0.05) is 24.7 Å². The lowest BCUT2D eigenvalue weighted by atomic mass is 10.1. The maximum atomic E-state index is 13.3. The average Bonchev–Trinajstić information content (AvgIpc) is 3.33. The van der Waals surface area contributed by atoms with Gasteiger partial charge in [-0.05, 0) is 37.0 Å². The molecular weight excluding hydrogens is 325 g/mol. The molecule has 25 heavy (non-hydrogen) atoms. The second kappa shape index (κ2) is 5.84. The number of aromatic nitrogens is 3. The van der Waals surface area contributed by atoms with Crippen LogP contribution in [0.1, 0.15) is 40.4 Å². The molecule has 7 heteroatoms. The van der Waals surface area contributed by atoms with E-state index in [0.29, 0.717) is 24.5 Å². The van der Waals surface area contributed by atoms with E-state index < -0.39 is 11.5 Å². The van der Waals surface area contributed by atoms with Gasteiger partial charge in [0.2, 0.25) is 0 Å². The van der Waals surface area contributed by atoms with E-state index in [-0.39, 0.29) is 11.4 Å². The number of fused-ring (bicyclic) bond motifs is 1. The van der Waals surface area contributed by atoms with E-state index in [1.54, 1.807) is 10.6 Å². The van der Waals surface area contributed by atoms with Crippen LogP contribution in [0.5, 0.6) is 0 Å². The minimum absolute atomic E-state index is 0.311. The first-order valence-corrected chi connectivity index (χ1v) is 8.14. The molecule has 0 radical (unpaired) electrons. The van der Waals surface area contributed by atoms with Gasteiger partial charge in [-0.25, -0.2) is 9.18 Å². The molecule has 1 saturated carbocycles. The minimum atomic E-state index is -1.28. The summed E-state index contributed by atoms with van der Waals surface area (Å²) < 4.78 is 16.2. The molecule has 1 aliphatic carbocycles. The number of carbonyl (C=O) groups is 1. The fourth-order valence-electron chi connectivity index (χ4n) is 2.98. The third kappa shape index (κ3) is 2.93. The second-order valence-electron chi connectivity index (χ2n) is 6.34. The van der Waals surface area contributed by atoms with Gasteiger partial charge < -0.3 is 9.67 Å². The first kappa shape index (κ1) is 15.6. The molecular formula is C18H16FN3O3. The van der Waals surface area contributed by atoms with Gasteiger partial charge in [-0.2, -0.15) is 9.61 Å². The van der Waals surface area contributed by atoms with Crippen molar-refractivity contribution >= 4 is 11.6 Å². The summed E-state index contributed by atoms with van der Waals surface area (Å²) in [5.74, 6) is -1.24.